The third-order valence-electron chi connectivity index (χ3n) is 4.36. The molecule has 1 aliphatic carbocycles. The van der Waals surface area contributed by atoms with Crippen molar-refractivity contribution in [2.45, 2.75) is 44.3 Å². The minimum Gasteiger partial charge on any atom is -0.302 e. The SMILES string of the molecule is CCn1c(SCC(=O)Nc2nnc(C3CC3)s2)nnc1-c1ccccc1C. The first-order valence-electron chi connectivity index (χ1n) is 8.91. The molecule has 0 radical (unpaired) electrons. The molecule has 1 amide bonds. The fraction of sp³-hybridized carbons (Fsp3) is 0.389. The number of hydrogen-bond acceptors (Lipinski definition) is 7. The summed E-state index contributed by atoms with van der Waals surface area (Å²) in [5, 5.41) is 22.0. The van der Waals surface area contributed by atoms with Crippen molar-refractivity contribution in [3.05, 3.63) is 34.8 Å². The van der Waals surface area contributed by atoms with Gasteiger partial charge in [0.15, 0.2) is 11.0 Å². The molecule has 4 rings (SSSR count). The van der Waals surface area contributed by atoms with Crippen molar-refractivity contribution in [3.8, 4) is 11.4 Å². The predicted molar refractivity (Wildman–Crippen MR) is 107 cm³/mol. The molecule has 140 valence electrons. The van der Waals surface area contributed by atoms with Crippen LogP contribution in [0.5, 0.6) is 0 Å². The predicted octanol–water partition coefficient (Wildman–Crippen LogP) is 3.73. The van der Waals surface area contributed by atoms with Gasteiger partial charge in [-0.2, -0.15) is 0 Å². The fourth-order valence-corrected chi connectivity index (χ4v) is 4.50. The highest BCUT2D eigenvalue weighted by atomic mass is 32.2. The van der Waals surface area contributed by atoms with Gasteiger partial charge in [0, 0.05) is 18.0 Å². The zero-order valence-electron chi connectivity index (χ0n) is 15.2. The summed E-state index contributed by atoms with van der Waals surface area (Å²) in [6.45, 7) is 4.85. The van der Waals surface area contributed by atoms with E-state index < -0.39 is 0 Å². The molecule has 0 atom stereocenters. The molecule has 0 bridgehead atoms. The lowest BCUT2D eigenvalue weighted by molar-refractivity contribution is -0.113. The lowest BCUT2D eigenvalue weighted by Gasteiger charge is -2.09. The summed E-state index contributed by atoms with van der Waals surface area (Å²) >= 11 is 2.85. The van der Waals surface area contributed by atoms with Gasteiger partial charge in [0.05, 0.1) is 5.75 Å². The lowest BCUT2D eigenvalue weighted by Crippen LogP contribution is -2.14. The molecule has 3 aromatic rings. The van der Waals surface area contributed by atoms with Crippen LogP contribution in [0.1, 0.15) is 36.3 Å². The van der Waals surface area contributed by atoms with Crippen molar-refractivity contribution in [1.82, 2.24) is 25.0 Å². The number of rotatable bonds is 7. The molecule has 7 nitrogen and oxygen atoms in total. The number of hydrogen-bond donors (Lipinski definition) is 1. The smallest absolute Gasteiger partial charge is 0.236 e. The van der Waals surface area contributed by atoms with Crippen LogP contribution in [0.15, 0.2) is 29.4 Å². The highest BCUT2D eigenvalue weighted by Gasteiger charge is 2.27. The van der Waals surface area contributed by atoms with Crippen molar-refractivity contribution in [2.24, 2.45) is 0 Å². The summed E-state index contributed by atoms with van der Waals surface area (Å²) in [6, 6.07) is 8.10. The van der Waals surface area contributed by atoms with Gasteiger partial charge in [-0.25, -0.2) is 0 Å². The quantitative estimate of drug-likeness (QED) is 0.608. The van der Waals surface area contributed by atoms with Crippen LogP contribution in [-0.4, -0.2) is 36.6 Å². The number of carbonyl (C=O) groups is 1. The molecule has 0 unspecified atom stereocenters. The zero-order valence-corrected chi connectivity index (χ0v) is 16.8. The maximum Gasteiger partial charge on any atom is 0.236 e. The van der Waals surface area contributed by atoms with Gasteiger partial charge in [-0.3, -0.25) is 10.1 Å². The Morgan fingerprint density at radius 2 is 2.07 bits per heavy atom. The van der Waals surface area contributed by atoms with Crippen LogP contribution in [0.25, 0.3) is 11.4 Å². The summed E-state index contributed by atoms with van der Waals surface area (Å²) in [4.78, 5) is 12.3. The summed E-state index contributed by atoms with van der Waals surface area (Å²) in [7, 11) is 0. The van der Waals surface area contributed by atoms with Gasteiger partial charge in [0.25, 0.3) is 0 Å². The second-order valence-electron chi connectivity index (χ2n) is 6.42. The van der Waals surface area contributed by atoms with Gasteiger partial charge in [0.1, 0.15) is 5.01 Å². The third kappa shape index (κ3) is 4.03. The van der Waals surface area contributed by atoms with Crippen LogP contribution < -0.4 is 5.32 Å². The van der Waals surface area contributed by atoms with E-state index >= 15 is 0 Å². The number of aryl methyl sites for hydroxylation is 1. The Balaban J connectivity index is 1.41. The molecule has 2 aromatic heterocycles. The van der Waals surface area contributed by atoms with Crippen molar-refractivity contribution in [1.29, 1.82) is 0 Å². The number of benzene rings is 1. The molecule has 1 fully saturated rings. The highest BCUT2D eigenvalue weighted by molar-refractivity contribution is 7.99. The van der Waals surface area contributed by atoms with Gasteiger partial charge in [0.2, 0.25) is 11.0 Å². The number of nitrogens with one attached hydrogen (secondary N) is 1. The van der Waals surface area contributed by atoms with E-state index in [2.05, 4.69) is 45.6 Å². The van der Waals surface area contributed by atoms with E-state index in [9.17, 15) is 4.79 Å². The van der Waals surface area contributed by atoms with Gasteiger partial charge >= 0.3 is 0 Å². The van der Waals surface area contributed by atoms with Crippen molar-refractivity contribution >= 4 is 34.1 Å². The van der Waals surface area contributed by atoms with E-state index in [1.165, 1.54) is 35.9 Å². The van der Waals surface area contributed by atoms with E-state index in [0.717, 1.165) is 33.7 Å². The second-order valence-corrected chi connectivity index (χ2v) is 8.37. The summed E-state index contributed by atoms with van der Waals surface area (Å²) in [5.41, 5.74) is 2.21. The normalized spacial score (nSPS) is 13.7. The van der Waals surface area contributed by atoms with Crippen LogP contribution in [0.2, 0.25) is 0 Å². The van der Waals surface area contributed by atoms with Crippen LogP contribution in [0.3, 0.4) is 0 Å². The molecule has 1 saturated carbocycles. The van der Waals surface area contributed by atoms with Gasteiger partial charge in [-0.05, 0) is 32.3 Å². The second kappa shape index (κ2) is 7.77. The maximum absolute atomic E-state index is 12.3. The average Bonchev–Trinajstić information content (AvgIpc) is 3.28. The summed E-state index contributed by atoms with van der Waals surface area (Å²) in [5.74, 6) is 1.52. The van der Waals surface area contributed by atoms with Gasteiger partial charge in [-0.1, -0.05) is 47.4 Å². The minimum atomic E-state index is -0.110. The van der Waals surface area contributed by atoms with E-state index in [1.54, 1.807) is 0 Å². The molecule has 27 heavy (non-hydrogen) atoms. The Hall–Kier alpha value is -2.26. The first-order chi connectivity index (χ1) is 13.2. The lowest BCUT2D eigenvalue weighted by atomic mass is 10.1. The molecular formula is C18H20N6OS2. The van der Waals surface area contributed by atoms with Gasteiger partial charge in [-0.15, -0.1) is 20.4 Å². The monoisotopic (exact) mass is 400 g/mol. The number of carbonyl (C=O) groups excluding carboxylic acids is 1. The minimum absolute atomic E-state index is 0.110. The van der Waals surface area contributed by atoms with Gasteiger partial charge < -0.3 is 4.57 Å². The van der Waals surface area contributed by atoms with E-state index in [4.69, 9.17) is 0 Å². The Labute approximate surface area is 165 Å². The molecule has 1 aromatic carbocycles. The number of anilines is 1. The van der Waals surface area contributed by atoms with Crippen LogP contribution in [0.4, 0.5) is 5.13 Å². The standard InChI is InChI=1S/C18H20N6OS2/c1-3-24-15(13-7-5-4-6-11(13)2)20-23-18(24)26-10-14(25)19-17-22-21-16(27-17)12-8-9-12/h4-7,12H,3,8-10H2,1-2H3,(H,19,22,25). The molecule has 2 heterocycles. The molecular weight excluding hydrogens is 380 g/mol. The summed E-state index contributed by atoms with van der Waals surface area (Å²) in [6.07, 6.45) is 2.35. The Bertz CT molecular complexity index is 962. The third-order valence-corrected chi connectivity index (χ3v) is 6.33. The summed E-state index contributed by atoms with van der Waals surface area (Å²) < 4.78 is 2.04. The zero-order chi connectivity index (χ0) is 18.8. The van der Waals surface area contributed by atoms with E-state index in [-0.39, 0.29) is 11.7 Å². The Morgan fingerprint density at radius 3 is 2.81 bits per heavy atom. The first kappa shape index (κ1) is 18.1. The van der Waals surface area contributed by atoms with Crippen molar-refractivity contribution in [3.63, 3.8) is 0 Å². The number of aromatic nitrogens is 5. The number of amides is 1. The largest absolute Gasteiger partial charge is 0.302 e. The highest BCUT2D eigenvalue weighted by Crippen LogP contribution is 2.42. The molecule has 9 heteroatoms. The molecule has 0 saturated heterocycles. The fourth-order valence-electron chi connectivity index (χ4n) is 2.77. The Kier molecular flexibility index (Phi) is 5.22. The topological polar surface area (TPSA) is 85.6 Å². The number of nitrogens with zero attached hydrogens (tertiary/aromatic N) is 5. The van der Waals surface area contributed by atoms with Crippen LogP contribution >= 0.6 is 23.1 Å². The van der Waals surface area contributed by atoms with Crippen LogP contribution in [-0.2, 0) is 11.3 Å². The first-order valence-corrected chi connectivity index (χ1v) is 10.7. The molecule has 1 N–H and O–H groups in total. The Morgan fingerprint density at radius 1 is 1.26 bits per heavy atom. The van der Waals surface area contributed by atoms with Crippen molar-refractivity contribution < 1.29 is 4.79 Å². The number of thioether (sulfide) groups is 1. The average molecular weight is 401 g/mol. The van der Waals surface area contributed by atoms with Crippen LogP contribution in [0, 0.1) is 6.92 Å². The maximum atomic E-state index is 12.3. The van der Waals surface area contributed by atoms with E-state index in [1.807, 2.05) is 22.8 Å². The van der Waals surface area contributed by atoms with E-state index in [0.29, 0.717) is 11.0 Å². The molecule has 1 aliphatic rings. The van der Waals surface area contributed by atoms with Crippen molar-refractivity contribution in [2.75, 3.05) is 11.1 Å². The molecule has 0 aliphatic heterocycles. The molecule has 0 spiro atoms.